The number of anilines is 1. The molecule has 2 aromatic rings. The maximum absolute atomic E-state index is 11.2. The predicted molar refractivity (Wildman–Crippen MR) is 79.9 cm³/mol. The zero-order chi connectivity index (χ0) is 14.5. The number of rotatable bonds is 4. The molecule has 104 valence electrons. The van der Waals surface area contributed by atoms with Gasteiger partial charge in [0.1, 0.15) is 11.5 Å². The van der Waals surface area contributed by atoms with Gasteiger partial charge in [-0.15, -0.1) is 0 Å². The number of hydrogen-bond donors (Lipinski definition) is 1. The Kier molecular flexibility index (Phi) is 3.69. The molecule has 4 nitrogen and oxygen atoms in total. The highest BCUT2D eigenvalue weighted by Crippen LogP contribution is 2.22. The zero-order valence-electron chi connectivity index (χ0n) is 11.2. The minimum absolute atomic E-state index is 0.355. The lowest BCUT2D eigenvalue weighted by Gasteiger charge is -2.06. The molecule has 4 heteroatoms. The van der Waals surface area contributed by atoms with E-state index in [1.165, 1.54) is 6.26 Å². The second-order valence-corrected chi connectivity index (χ2v) is 4.39. The van der Waals surface area contributed by atoms with Gasteiger partial charge in [-0.1, -0.05) is 18.2 Å². The van der Waals surface area contributed by atoms with Crippen molar-refractivity contribution in [2.24, 2.45) is 0 Å². The molecule has 0 atom stereocenters. The number of benzene rings is 2. The fourth-order valence-electron chi connectivity index (χ4n) is 1.82. The molecule has 0 unspecified atom stereocenters. The van der Waals surface area contributed by atoms with Gasteiger partial charge in [-0.25, -0.2) is 4.79 Å². The molecule has 1 aliphatic heterocycles. The normalized spacial score (nSPS) is 15.0. The van der Waals surface area contributed by atoms with E-state index in [2.05, 4.69) is 5.32 Å². The van der Waals surface area contributed by atoms with Crippen LogP contribution in [0.4, 0.5) is 5.69 Å². The molecule has 1 N–H and O–H groups in total. The Morgan fingerprint density at radius 1 is 0.952 bits per heavy atom. The molecule has 0 aromatic heterocycles. The van der Waals surface area contributed by atoms with Crippen molar-refractivity contribution < 1.29 is 14.3 Å². The van der Waals surface area contributed by atoms with Crippen LogP contribution in [0.2, 0.25) is 0 Å². The van der Waals surface area contributed by atoms with E-state index in [1.54, 1.807) is 12.3 Å². The molecule has 21 heavy (non-hydrogen) atoms. The molecule has 1 aliphatic rings. The van der Waals surface area contributed by atoms with Crippen LogP contribution in [0, 0.1) is 0 Å². The van der Waals surface area contributed by atoms with Crippen LogP contribution in [0.15, 0.2) is 78.7 Å². The largest absolute Gasteiger partial charge is 0.457 e. The van der Waals surface area contributed by atoms with Crippen LogP contribution >= 0.6 is 0 Å². The van der Waals surface area contributed by atoms with Gasteiger partial charge in [0.2, 0.25) is 0 Å². The van der Waals surface area contributed by atoms with Gasteiger partial charge < -0.3 is 14.8 Å². The zero-order valence-corrected chi connectivity index (χ0v) is 11.2. The molecule has 0 bridgehead atoms. The molecular weight excluding hydrogens is 266 g/mol. The SMILES string of the molecule is O=C1OC=CC1=CNc1ccc(Oc2ccccc2)cc1. The molecule has 2 aromatic carbocycles. The summed E-state index contributed by atoms with van der Waals surface area (Å²) in [4.78, 5) is 11.2. The first kappa shape index (κ1) is 13.0. The lowest BCUT2D eigenvalue weighted by Crippen LogP contribution is -1.98. The molecule has 0 aliphatic carbocycles. The molecule has 0 saturated carbocycles. The highest BCUT2D eigenvalue weighted by molar-refractivity contribution is 5.94. The second-order valence-electron chi connectivity index (χ2n) is 4.39. The van der Waals surface area contributed by atoms with Gasteiger partial charge in [0.25, 0.3) is 0 Å². The predicted octanol–water partition coefficient (Wildman–Crippen LogP) is 3.85. The van der Waals surface area contributed by atoms with E-state index >= 15 is 0 Å². The summed E-state index contributed by atoms with van der Waals surface area (Å²) in [6.07, 6.45) is 4.59. The van der Waals surface area contributed by atoms with Crippen molar-refractivity contribution >= 4 is 11.7 Å². The number of carbonyl (C=O) groups is 1. The molecule has 1 heterocycles. The molecular formula is C17H13NO3. The lowest BCUT2D eigenvalue weighted by molar-refractivity contribution is -0.132. The van der Waals surface area contributed by atoms with Gasteiger partial charge in [-0.05, 0) is 42.5 Å². The molecule has 0 amide bonds. The van der Waals surface area contributed by atoms with Gasteiger partial charge in [0.05, 0.1) is 11.8 Å². The van der Waals surface area contributed by atoms with Gasteiger partial charge in [-0.3, -0.25) is 0 Å². The van der Waals surface area contributed by atoms with E-state index < -0.39 is 0 Å². The van der Waals surface area contributed by atoms with Crippen molar-refractivity contribution in [2.75, 3.05) is 5.32 Å². The maximum atomic E-state index is 11.2. The van der Waals surface area contributed by atoms with Crippen molar-refractivity contribution in [2.45, 2.75) is 0 Å². The average Bonchev–Trinajstić information content (AvgIpc) is 2.93. The summed E-state index contributed by atoms with van der Waals surface area (Å²) in [6, 6.07) is 17.0. The van der Waals surface area contributed by atoms with Crippen LogP contribution in [-0.2, 0) is 9.53 Å². The number of carbonyl (C=O) groups excluding carboxylic acids is 1. The van der Waals surface area contributed by atoms with Crippen LogP contribution in [0.1, 0.15) is 0 Å². The maximum Gasteiger partial charge on any atom is 0.344 e. The first-order valence-corrected chi connectivity index (χ1v) is 6.48. The first-order valence-electron chi connectivity index (χ1n) is 6.48. The summed E-state index contributed by atoms with van der Waals surface area (Å²) in [5.74, 6) is 1.19. The fraction of sp³-hybridized carbons (Fsp3) is 0. The van der Waals surface area contributed by atoms with E-state index in [0.717, 1.165) is 17.2 Å². The average molecular weight is 279 g/mol. The lowest BCUT2D eigenvalue weighted by atomic mass is 10.2. The summed E-state index contributed by atoms with van der Waals surface area (Å²) >= 11 is 0. The molecule has 0 fully saturated rings. The Balaban J connectivity index is 1.64. The second kappa shape index (κ2) is 5.96. The topological polar surface area (TPSA) is 47.6 Å². The van der Waals surface area contributed by atoms with E-state index in [-0.39, 0.29) is 5.97 Å². The number of esters is 1. The fourth-order valence-corrected chi connectivity index (χ4v) is 1.82. The summed E-state index contributed by atoms with van der Waals surface area (Å²) in [5.41, 5.74) is 1.34. The van der Waals surface area contributed by atoms with Crippen LogP contribution in [0.5, 0.6) is 11.5 Å². The number of hydrogen-bond acceptors (Lipinski definition) is 4. The monoisotopic (exact) mass is 279 g/mol. The molecule has 0 radical (unpaired) electrons. The van der Waals surface area contributed by atoms with Crippen LogP contribution < -0.4 is 10.1 Å². The number of para-hydroxylation sites is 1. The third kappa shape index (κ3) is 3.30. The van der Waals surface area contributed by atoms with Crippen molar-refractivity contribution in [3.05, 3.63) is 78.7 Å². The van der Waals surface area contributed by atoms with Gasteiger partial charge in [-0.2, -0.15) is 0 Å². The third-order valence-electron chi connectivity index (χ3n) is 2.89. The molecule has 3 rings (SSSR count). The van der Waals surface area contributed by atoms with Gasteiger partial charge >= 0.3 is 5.97 Å². The van der Waals surface area contributed by atoms with E-state index in [9.17, 15) is 4.79 Å². The number of nitrogens with one attached hydrogen (secondary N) is 1. The highest BCUT2D eigenvalue weighted by atomic mass is 16.5. The highest BCUT2D eigenvalue weighted by Gasteiger charge is 2.12. The first-order chi connectivity index (χ1) is 10.3. The van der Waals surface area contributed by atoms with Crippen molar-refractivity contribution in [1.29, 1.82) is 0 Å². The van der Waals surface area contributed by atoms with Crippen LogP contribution in [0.25, 0.3) is 0 Å². The number of cyclic esters (lactones) is 1. The molecule has 0 saturated heterocycles. The Morgan fingerprint density at radius 2 is 1.67 bits per heavy atom. The summed E-state index contributed by atoms with van der Waals surface area (Å²) in [5, 5.41) is 3.04. The van der Waals surface area contributed by atoms with Crippen molar-refractivity contribution in [3.63, 3.8) is 0 Å². The summed E-state index contributed by atoms with van der Waals surface area (Å²) < 4.78 is 10.4. The summed E-state index contributed by atoms with van der Waals surface area (Å²) in [6.45, 7) is 0. The smallest absolute Gasteiger partial charge is 0.344 e. The van der Waals surface area contributed by atoms with Crippen molar-refractivity contribution in [1.82, 2.24) is 0 Å². The standard InChI is InChI=1S/C17H13NO3/c19-17-13(10-11-20-17)12-18-14-6-8-16(9-7-14)21-15-4-2-1-3-5-15/h1-12,18H. The number of ether oxygens (including phenoxy) is 2. The van der Waals surface area contributed by atoms with Crippen LogP contribution in [-0.4, -0.2) is 5.97 Å². The van der Waals surface area contributed by atoms with E-state index in [4.69, 9.17) is 9.47 Å². The van der Waals surface area contributed by atoms with Crippen molar-refractivity contribution in [3.8, 4) is 11.5 Å². The Morgan fingerprint density at radius 3 is 2.33 bits per heavy atom. The Bertz CT molecular complexity index is 688. The minimum atomic E-state index is -0.355. The van der Waals surface area contributed by atoms with Crippen LogP contribution in [0.3, 0.4) is 0 Å². The summed E-state index contributed by atoms with van der Waals surface area (Å²) in [7, 11) is 0. The third-order valence-corrected chi connectivity index (χ3v) is 2.89. The Hall–Kier alpha value is -3.01. The minimum Gasteiger partial charge on any atom is -0.457 e. The van der Waals surface area contributed by atoms with E-state index in [0.29, 0.717) is 5.57 Å². The molecule has 0 spiro atoms. The van der Waals surface area contributed by atoms with Gasteiger partial charge in [0, 0.05) is 11.9 Å². The Labute approximate surface area is 122 Å². The van der Waals surface area contributed by atoms with E-state index in [1.807, 2.05) is 54.6 Å². The van der Waals surface area contributed by atoms with Gasteiger partial charge in [0.15, 0.2) is 0 Å². The quantitative estimate of drug-likeness (QED) is 0.682.